The van der Waals surface area contributed by atoms with Crippen molar-refractivity contribution in [3.8, 4) is 5.69 Å². The third kappa shape index (κ3) is 4.18. The van der Waals surface area contributed by atoms with Crippen LogP contribution in [0.5, 0.6) is 0 Å². The number of hydrogen-bond acceptors (Lipinski definition) is 4. The Balaban J connectivity index is 1.55. The number of imide groups is 1. The van der Waals surface area contributed by atoms with E-state index in [-0.39, 0.29) is 30.6 Å². The molecule has 1 aliphatic rings. The van der Waals surface area contributed by atoms with Crippen LogP contribution in [0.1, 0.15) is 36.5 Å². The summed E-state index contributed by atoms with van der Waals surface area (Å²) < 4.78 is 1.77. The van der Waals surface area contributed by atoms with Crippen molar-refractivity contribution in [1.82, 2.24) is 19.6 Å². The molecule has 170 valence electrons. The van der Waals surface area contributed by atoms with Gasteiger partial charge in [0.25, 0.3) is 0 Å². The summed E-state index contributed by atoms with van der Waals surface area (Å²) >= 11 is 0. The molecule has 0 saturated carbocycles. The Bertz CT molecular complexity index is 1170. The maximum Gasteiger partial charge on any atom is 0.240 e. The van der Waals surface area contributed by atoms with E-state index in [4.69, 9.17) is 0 Å². The summed E-state index contributed by atoms with van der Waals surface area (Å²) in [6, 6.07) is 17.2. The summed E-state index contributed by atoms with van der Waals surface area (Å²) in [5, 5.41) is 4.22. The Hall–Kier alpha value is -3.74. The molecule has 3 aromatic rings. The molecule has 4 rings (SSSR count). The third-order valence-corrected chi connectivity index (χ3v) is 6.39. The first kappa shape index (κ1) is 22.5. The van der Waals surface area contributed by atoms with Gasteiger partial charge in [-0.1, -0.05) is 36.4 Å². The van der Waals surface area contributed by atoms with Crippen molar-refractivity contribution in [3.63, 3.8) is 0 Å². The van der Waals surface area contributed by atoms with Gasteiger partial charge in [0.2, 0.25) is 17.7 Å². The van der Waals surface area contributed by atoms with Crippen LogP contribution in [0, 0.1) is 6.92 Å². The highest BCUT2D eigenvalue weighted by atomic mass is 16.2. The van der Waals surface area contributed by atoms with Gasteiger partial charge in [-0.05, 0) is 48.7 Å². The maximum absolute atomic E-state index is 13.4. The molecule has 7 nitrogen and oxygen atoms in total. The minimum atomic E-state index is -1.16. The number of aryl methyl sites for hydroxylation is 1. The Kier molecular flexibility index (Phi) is 6.14. The second-order valence-corrected chi connectivity index (χ2v) is 8.56. The van der Waals surface area contributed by atoms with E-state index < -0.39 is 5.41 Å². The van der Waals surface area contributed by atoms with Crippen LogP contribution in [0.3, 0.4) is 0 Å². The predicted molar refractivity (Wildman–Crippen MR) is 125 cm³/mol. The molecule has 3 amide bonds. The molecule has 0 N–H and O–H groups in total. The summed E-state index contributed by atoms with van der Waals surface area (Å²) in [5.41, 5.74) is 2.40. The molecule has 1 aliphatic heterocycles. The first-order valence-corrected chi connectivity index (χ1v) is 11.1. The zero-order valence-corrected chi connectivity index (χ0v) is 19.2. The molecule has 1 unspecified atom stereocenters. The van der Waals surface area contributed by atoms with Crippen LogP contribution in [0.4, 0.5) is 0 Å². The predicted octanol–water partition coefficient (Wildman–Crippen LogP) is 3.25. The van der Waals surface area contributed by atoms with E-state index in [0.717, 1.165) is 22.4 Å². The molecule has 1 atom stereocenters. The standard InChI is InChI=1S/C26H28N4O3/c1-4-29-24(32)17-26(25(29)33,22-9-6-5-8-19(22)2)16-23(31)28(3)18-20-10-12-21(13-11-20)30-15-7-14-27-30/h5-15H,4,16-18H2,1-3H3. The van der Waals surface area contributed by atoms with Gasteiger partial charge in [0, 0.05) is 45.4 Å². The van der Waals surface area contributed by atoms with Gasteiger partial charge in [-0.3, -0.25) is 19.3 Å². The van der Waals surface area contributed by atoms with Gasteiger partial charge in [-0.2, -0.15) is 5.10 Å². The van der Waals surface area contributed by atoms with E-state index in [2.05, 4.69) is 5.10 Å². The van der Waals surface area contributed by atoms with Crippen molar-refractivity contribution in [3.05, 3.63) is 83.7 Å². The van der Waals surface area contributed by atoms with Crippen molar-refractivity contribution in [1.29, 1.82) is 0 Å². The molecule has 0 aliphatic carbocycles. The summed E-state index contributed by atoms with van der Waals surface area (Å²) in [5.74, 6) is -0.682. The van der Waals surface area contributed by atoms with Crippen LogP contribution in [0.2, 0.25) is 0 Å². The molecule has 1 fully saturated rings. The first-order chi connectivity index (χ1) is 15.9. The number of aromatic nitrogens is 2. The monoisotopic (exact) mass is 444 g/mol. The Morgan fingerprint density at radius 1 is 1.09 bits per heavy atom. The molecule has 0 bridgehead atoms. The van der Waals surface area contributed by atoms with Gasteiger partial charge < -0.3 is 4.90 Å². The highest BCUT2D eigenvalue weighted by Crippen LogP contribution is 2.41. The van der Waals surface area contributed by atoms with Crippen LogP contribution in [-0.2, 0) is 26.3 Å². The van der Waals surface area contributed by atoms with E-state index in [0.29, 0.717) is 13.1 Å². The van der Waals surface area contributed by atoms with Crippen LogP contribution in [-0.4, -0.2) is 50.9 Å². The van der Waals surface area contributed by atoms with Crippen molar-refractivity contribution in [2.75, 3.05) is 13.6 Å². The maximum atomic E-state index is 13.4. The highest BCUT2D eigenvalue weighted by Gasteiger charge is 2.54. The number of carbonyl (C=O) groups is 3. The number of amides is 3. The van der Waals surface area contributed by atoms with Gasteiger partial charge in [-0.15, -0.1) is 0 Å². The molecule has 7 heteroatoms. The lowest BCUT2D eigenvalue weighted by molar-refractivity contribution is -0.142. The zero-order valence-electron chi connectivity index (χ0n) is 19.2. The normalized spacial score (nSPS) is 18.1. The minimum Gasteiger partial charge on any atom is -0.341 e. The molecular formula is C26H28N4O3. The average molecular weight is 445 g/mol. The quantitative estimate of drug-likeness (QED) is 0.525. The molecule has 2 aromatic carbocycles. The van der Waals surface area contributed by atoms with E-state index >= 15 is 0 Å². The van der Waals surface area contributed by atoms with Crippen LogP contribution in [0.15, 0.2) is 67.0 Å². The first-order valence-electron chi connectivity index (χ1n) is 11.1. The van der Waals surface area contributed by atoms with Gasteiger partial charge >= 0.3 is 0 Å². The summed E-state index contributed by atoms with van der Waals surface area (Å²) in [6.07, 6.45) is 3.57. The van der Waals surface area contributed by atoms with Crippen molar-refractivity contribution >= 4 is 17.7 Å². The number of carbonyl (C=O) groups excluding carboxylic acids is 3. The largest absolute Gasteiger partial charge is 0.341 e. The van der Waals surface area contributed by atoms with E-state index in [1.165, 1.54) is 4.90 Å². The summed E-state index contributed by atoms with van der Waals surface area (Å²) in [6.45, 7) is 4.41. The Morgan fingerprint density at radius 3 is 2.42 bits per heavy atom. The van der Waals surface area contributed by atoms with Crippen LogP contribution < -0.4 is 0 Å². The smallest absolute Gasteiger partial charge is 0.240 e. The topological polar surface area (TPSA) is 75.5 Å². The fourth-order valence-corrected chi connectivity index (χ4v) is 4.61. The van der Waals surface area contributed by atoms with Crippen molar-refractivity contribution in [2.45, 2.75) is 38.6 Å². The lowest BCUT2D eigenvalue weighted by Gasteiger charge is -2.30. The number of nitrogens with zero attached hydrogens (tertiary/aromatic N) is 4. The van der Waals surface area contributed by atoms with Crippen LogP contribution in [0.25, 0.3) is 5.69 Å². The van der Waals surface area contributed by atoms with E-state index in [9.17, 15) is 14.4 Å². The average Bonchev–Trinajstić information content (AvgIpc) is 3.42. The van der Waals surface area contributed by atoms with E-state index in [1.807, 2.05) is 67.7 Å². The highest BCUT2D eigenvalue weighted by molar-refractivity contribution is 6.10. The van der Waals surface area contributed by atoms with Gasteiger partial charge in [-0.25, -0.2) is 4.68 Å². The molecule has 33 heavy (non-hydrogen) atoms. The number of likely N-dealkylation sites (N-methyl/N-ethyl adjacent to an activating group) is 1. The molecule has 2 heterocycles. The summed E-state index contributed by atoms with van der Waals surface area (Å²) in [7, 11) is 1.73. The number of benzene rings is 2. The Morgan fingerprint density at radius 2 is 1.82 bits per heavy atom. The fraction of sp³-hybridized carbons (Fsp3) is 0.308. The van der Waals surface area contributed by atoms with Gasteiger partial charge in [0.15, 0.2) is 0 Å². The minimum absolute atomic E-state index is 0.0165. The van der Waals surface area contributed by atoms with Gasteiger partial charge in [0.1, 0.15) is 0 Å². The second kappa shape index (κ2) is 9.02. The lowest BCUT2D eigenvalue weighted by Crippen LogP contribution is -2.43. The van der Waals surface area contributed by atoms with Gasteiger partial charge in [0.05, 0.1) is 11.1 Å². The van der Waals surface area contributed by atoms with Crippen molar-refractivity contribution < 1.29 is 14.4 Å². The fourth-order valence-electron chi connectivity index (χ4n) is 4.61. The molecular weight excluding hydrogens is 416 g/mol. The Labute approximate surface area is 193 Å². The third-order valence-electron chi connectivity index (χ3n) is 6.39. The zero-order chi connectivity index (χ0) is 23.6. The number of likely N-dealkylation sites (tertiary alicyclic amines) is 1. The number of hydrogen-bond donors (Lipinski definition) is 0. The molecule has 1 saturated heterocycles. The molecule has 1 aromatic heterocycles. The second-order valence-electron chi connectivity index (χ2n) is 8.56. The van der Waals surface area contributed by atoms with Crippen molar-refractivity contribution in [2.24, 2.45) is 0 Å². The number of rotatable bonds is 7. The lowest BCUT2D eigenvalue weighted by atomic mass is 9.74. The van der Waals surface area contributed by atoms with E-state index in [1.54, 1.807) is 29.7 Å². The molecule has 0 radical (unpaired) electrons. The molecule has 0 spiro atoms. The summed E-state index contributed by atoms with van der Waals surface area (Å²) in [4.78, 5) is 42.3. The van der Waals surface area contributed by atoms with Crippen LogP contribution >= 0.6 is 0 Å². The SMILES string of the molecule is CCN1C(=O)CC(CC(=O)N(C)Cc2ccc(-n3cccn3)cc2)(c2ccccc2C)C1=O.